The molecule has 3 heterocycles. The van der Waals surface area contributed by atoms with Crippen molar-refractivity contribution in [2.75, 3.05) is 6.79 Å². The lowest BCUT2D eigenvalue weighted by Crippen LogP contribution is -2.28. The van der Waals surface area contributed by atoms with Gasteiger partial charge in [-0.1, -0.05) is 12.1 Å². The van der Waals surface area contributed by atoms with Crippen molar-refractivity contribution in [3.8, 4) is 22.3 Å². The summed E-state index contributed by atoms with van der Waals surface area (Å²) in [6, 6.07) is 9.41. The van der Waals surface area contributed by atoms with Crippen LogP contribution in [0.3, 0.4) is 0 Å². The summed E-state index contributed by atoms with van der Waals surface area (Å²) in [7, 11) is 0. The standard InChI is InChI=1S/C19H18N2O4S/c1-11(13-5-6-15-16(8-13)24-10-23-15)20-18(22)9-14-12(2)25-19(21-14)17-4-3-7-26-17/h3-8,11H,9-10H2,1-2H3,(H,20,22). The van der Waals surface area contributed by atoms with Gasteiger partial charge in [-0.2, -0.15) is 0 Å². The SMILES string of the molecule is Cc1oc(-c2cccs2)nc1CC(=O)NC(C)c1ccc2c(c1)OCO2. The Hall–Kier alpha value is -2.80. The maximum absolute atomic E-state index is 12.4. The highest BCUT2D eigenvalue weighted by molar-refractivity contribution is 7.13. The van der Waals surface area contributed by atoms with Gasteiger partial charge in [-0.25, -0.2) is 4.98 Å². The van der Waals surface area contributed by atoms with Crippen molar-refractivity contribution in [2.24, 2.45) is 0 Å². The van der Waals surface area contributed by atoms with Crippen LogP contribution >= 0.6 is 11.3 Å². The van der Waals surface area contributed by atoms with Crippen molar-refractivity contribution < 1.29 is 18.7 Å². The zero-order chi connectivity index (χ0) is 18.1. The predicted molar refractivity (Wildman–Crippen MR) is 97.4 cm³/mol. The number of rotatable bonds is 5. The van der Waals surface area contributed by atoms with Gasteiger partial charge in [0.15, 0.2) is 11.5 Å². The third kappa shape index (κ3) is 3.30. The zero-order valence-corrected chi connectivity index (χ0v) is 15.3. The maximum atomic E-state index is 12.4. The Balaban J connectivity index is 1.42. The molecule has 134 valence electrons. The third-order valence-electron chi connectivity index (χ3n) is 4.23. The smallest absolute Gasteiger partial charge is 0.236 e. The number of aryl methyl sites for hydroxylation is 1. The molecule has 6 nitrogen and oxygen atoms in total. The highest BCUT2D eigenvalue weighted by Gasteiger charge is 2.19. The van der Waals surface area contributed by atoms with Gasteiger partial charge in [0.05, 0.1) is 23.0 Å². The first-order valence-electron chi connectivity index (χ1n) is 8.29. The molecule has 2 aromatic heterocycles. The summed E-state index contributed by atoms with van der Waals surface area (Å²) >= 11 is 1.56. The number of hydrogen-bond acceptors (Lipinski definition) is 6. The van der Waals surface area contributed by atoms with Gasteiger partial charge in [0.25, 0.3) is 0 Å². The fourth-order valence-electron chi connectivity index (χ4n) is 2.81. The van der Waals surface area contributed by atoms with Gasteiger partial charge >= 0.3 is 0 Å². The second-order valence-corrected chi connectivity index (χ2v) is 7.03. The van der Waals surface area contributed by atoms with Gasteiger partial charge in [0.2, 0.25) is 18.6 Å². The van der Waals surface area contributed by atoms with Crippen molar-refractivity contribution in [3.63, 3.8) is 0 Å². The summed E-state index contributed by atoms with van der Waals surface area (Å²) in [5, 5.41) is 4.96. The van der Waals surface area contributed by atoms with Crippen molar-refractivity contribution >= 4 is 17.2 Å². The number of amides is 1. The number of thiophene rings is 1. The molecule has 1 aliphatic heterocycles. The average Bonchev–Trinajstić information content (AvgIpc) is 3.35. The molecule has 7 heteroatoms. The van der Waals surface area contributed by atoms with E-state index >= 15 is 0 Å². The predicted octanol–water partition coefficient (Wildman–Crippen LogP) is 3.86. The summed E-state index contributed by atoms with van der Waals surface area (Å²) < 4.78 is 16.4. The van der Waals surface area contributed by atoms with E-state index in [1.807, 2.05) is 49.6 Å². The molecule has 1 unspecified atom stereocenters. The van der Waals surface area contributed by atoms with E-state index in [0.29, 0.717) is 23.1 Å². The maximum Gasteiger partial charge on any atom is 0.236 e. The van der Waals surface area contributed by atoms with E-state index in [4.69, 9.17) is 13.9 Å². The number of ether oxygens (including phenoxy) is 2. The van der Waals surface area contributed by atoms with Crippen LogP contribution in [0, 0.1) is 6.92 Å². The van der Waals surface area contributed by atoms with Gasteiger partial charge < -0.3 is 19.2 Å². The fraction of sp³-hybridized carbons (Fsp3) is 0.263. The van der Waals surface area contributed by atoms with Crippen molar-refractivity contribution in [2.45, 2.75) is 26.3 Å². The molecule has 0 radical (unpaired) electrons. The van der Waals surface area contributed by atoms with Crippen LogP contribution in [0.1, 0.15) is 30.0 Å². The average molecular weight is 370 g/mol. The number of hydrogen-bond donors (Lipinski definition) is 1. The third-order valence-corrected chi connectivity index (χ3v) is 5.08. The van der Waals surface area contributed by atoms with E-state index in [2.05, 4.69) is 10.3 Å². The molecule has 1 aromatic carbocycles. The van der Waals surface area contributed by atoms with E-state index in [9.17, 15) is 4.79 Å². The minimum atomic E-state index is -0.152. The molecule has 0 bridgehead atoms. The zero-order valence-electron chi connectivity index (χ0n) is 14.4. The molecule has 1 atom stereocenters. The van der Waals surface area contributed by atoms with Crippen LogP contribution in [0.25, 0.3) is 10.8 Å². The Morgan fingerprint density at radius 2 is 2.15 bits per heavy atom. The second kappa shape index (κ2) is 6.84. The minimum Gasteiger partial charge on any atom is -0.454 e. The first-order valence-corrected chi connectivity index (χ1v) is 9.17. The van der Waals surface area contributed by atoms with E-state index in [0.717, 1.165) is 16.2 Å². The highest BCUT2D eigenvalue weighted by Crippen LogP contribution is 2.34. The Kier molecular flexibility index (Phi) is 4.38. The molecular formula is C19H18N2O4S. The van der Waals surface area contributed by atoms with Gasteiger partial charge in [-0.05, 0) is 43.0 Å². The van der Waals surface area contributed by atoms with E-state index < -0.39 is 0 Å². The summed E-state index contributed by atoms with van der Waals surface area (Å²) in [6.45, 7) is 3.99. The number of carbonyl (C=O) groups is 1. The second-order valence-electron chi connectivity index (χ2n) is 6.08. The molecular weight excluding hydrogens is 352 g/mol. The lowest BCUT2D eigenvalue weighted by molar-refractivity contribution is -0.121. The fourth-order valence-corrected chi connectivity index (χ4v) is 3.46. The first-order chi connectivity index (χ1) is 12.6. The lowest BCUT2D eigenvalue weighted by Gasteiger charge is -2.14. The number of fused-ring (bicyclic) bond motifs is 1. The van der Waals surface area contributed by atoms with Gasteiger partial charge in [0, 0.05) is 0 Å². The number of benzene rings is 1. The number of nitrogens with zero attached hydrogens (tertiary/aromatic N) is 1. The molecule has 0 saturated heterocycles. The van der Waals surface area contributed by atoms with Crippen LogP contribution in [-0.4, -0.2) is 17.7 Å². The minimum absolute atomic E-state index is 0.107. The van der Waals surface area contributed by atoms with Crippen LogP contribution in [0.2, 0.25) is 0 Å². The quantitative estimate of drug-likeness (QED) is 0.738. The lowest BCUT2D eigenvalue weighted by atomic mass is 10.1. The van der Waals surface area contributed by atoms with E-state index in [1.54, 1.807) is 11.3 Å². The van der Waals surface area contributed by atoms with Crippen LogP contribution in [-0.2, 0) is 11.2 Å². The monoisotopic (exact) mass is 370 g/mol. The molecule has 3 aromatic rings. The van der Waals surface area contributed by atoms with Crippen LogP contribution < -0.4 is 14.8 Å². The van der Waals surface area contributed by atoms with Crippen LogP contribution in [0.15, 0.2) is 40.1 Å². The number of carbonyl (C=O) groups excluding carboxylic acids is 1. The van der Waals surface area contributed by atoms with Crippen molar-refractivity contribution in [1.29, 1.82) is 0 Å². The number of nitrogens with one attached hydrogen (secondary N) is 1. The summed E-state index contributed by atoms with van der Waals surface area (Å²) in [5.74, 6) is 2.55. The molecule has 4 rings (SSSR count). The van der Waals surface area contributed by atoms with Crippen molar-refractivity contribution in [1.82, 2.24) is 10.3 Å². The molecule has 26 heavy (non-hydrogen) atoms. The van der Waals surface area contributed by atoms with E-state index in [1.165, 1.54) is 0 Å². The Labute approximate surface area is 154 Å². The van der Waals surface area contributed by atoms with Crippen LogP contribution in [0.5, 0.6) is 11.5 Å². The van der Waals surface area contributed by atoms with Gasteiger partial charge in [-0.15, -0.1) is 11.3 Å². The molecule has 0 saturated carbocycles. The first kappa shape index (κ1) is 16.7. The summed E-state index contributed by atoms with van der Waals surface area (Å²) in [4.78, 5) is 17.9. The topological polar surface area (TPSA) is 73.6 Å². The highest BCUT2D eigenvalue weighted by atomic mass is 32.1. The molecule has 1 N–H and O–H groups in total. The molecule has 1 amide bonds. The van der Waals surface area contributed by atoms with Crippen LogP contribution in [0.4, 0.5) is 0 Å². The number of aromatic nitrogens is 1. The summed E-state index contributed by atoms with van der Waals surface area (Å²) in [6.07, 6.45) is 0.176. The van der Waals surface area contributed by atoms with Gasteiger partial charge in [-0.3, -0.25) is 4.79 Å². The Bertz CT molecular complexity index is 933. The Morgan fingerprint density at radius 3 is 2.96 bits per heavy atom. The molecule has 0 fully saturated rings. The Morgan fingerprint density at radius 1 is 1.31 bits per heavy atom. The number of oxazole rings is 1. The summed E-state index contributed by atoms with van der Waals surface area (Å²) in [5.41, 5.74) is 1.61. The van der Waals surface area contributed by atoms with Crippen molar-refractivity contribution in [3.05, 3.63) is 52.7 Å². The van der Waals surface area contributed by atoms with Gasteiger partial charge in [0.1, 0.15) is 5.76 Å². The normalized spacial score (nSPS) is 13.6. The molecule has 1 aliphatic rings. The van der Waals surface area contributed by atoms with E-state index in [-0.39, 0.29) is 25.2 Å². The molecule has 0 spiro atoms. The largest absolute Gasteiger partial charge is 0.454 e. The molecule has 0 aliphatic carbocycles.